The third kappa shape index (κ3) is 7.47. The van der Waals surface area contributed by atoms with Crippen LogP contribution >= 0.6 is 11.6 Å². The van der Waals surface area contributed by atoms with E-state index in [9.17, 15) is 9.18 Å². The standard InChI is InChI=1S/C36H44ClFN8O3/c1-4-36(47)42-29-18-30(41-34-20-35(40-22-39-34)46-31(9-14-49-46)24-15-25(37)17-26(38)16-24)33(48-3)19-32(29)43-10-7-27(8-11-43)44-12-13-45(23(2)21-44)28-5-6-28/h4,15-20,22-23,27-28,31H,1,5-14,21H2,2-3H3,(H,42,47)(H,39,40,41)/t23-,31-/m1/s1. The second-order valence-electron chi connectivity index (χ2n) is 13.3. The van der Waals surface area contributed by atoms with Crippen LogP contribution in [-0.4, -0.2) is 90.2 Å². The van der Waals surface area contributed by atoms with Crippen LogP contribution in [0, 0.1) is 5.82 Å². The number of carbonyl (C=O) groups is 1. The normalized spacial score (nSPS) is 22.3. The van der Waals surface area contributed by atoms with Crippen molar-refractivity contribution in [3.8, 4) is 5.75 Å². The van der Waals surface area contributed by atoms with Gasteiger partial charge < -0.3 is 20.3 Å². The summed E-state index contributed by atoms with van der Waals surface area (Å²) in [4.78, 5) is 35.1. The molecule has 7 rings (SSSR count). The highest BCUT2D eigenvalue weighted by Gasteiger charge is 2.38. The van der Waals surface area contributed by atoms with Crippen molar-refractivity contribution in [2.75, 3.05) is 67.0 Å². The number of hydroxylamine groups is 1. The number of hydrogen-bond donors (Lipinski definition) is 2. The molecule has 4 heterocycles. The minimum Gasteiger partial charge on any atom is -0.494 e. The van der Waals surface area contributed by atoms with Gasteiger partial charge in [0.1, 0.15) is 23.7 Å². The number of ether oxygens (including phenoxy) is 1. The molecule has 11 nitrogen and oxygen atoms in total. The molecule has 2 N–H and O–H groups in total. The Morgan fingerprint density at radius 2 is 1.84 bits per heavy atom. The van der Waals surface area contributed by atoms with Crippen molar-refractivity contribution in [2.45, 2.75) is 63.2 Å². The van der Waals surface area contributed by atoms with Crippen molar-refractivity contribution in [3.63, 3.8) is 0 Å². The molecule has 260 valence electrons. The van der Waals surface area contributed by atoms with Gasteiger partial charge in [0.15, 0.2) is 5.82 Å². The van der Waals surface area contributed by atoms with Crippen molar-refractivity contribution in [1.82, 2.24) is 19.8 Å². The van der Waals surface area contributed by atoms with E-state index in [1.807, 2.05) is 12.1 Å². The second kappa shape index (κ2) is 14.5. The lowest BCUT2D eigenvalue weighted by molar-refractivity contribution is -0.111. The number of anilines is 5. The zero-order valence-corrected chi connectivity index (χ0v) is 28.8. The zero-order valence-electron chi connectivity index (χ0n) is 28.1. The molecule has 2 aromatic carbocycles. The van der Waals surface area contributed by atoms with Crippen LogP contribution in [0.2, 0.25) is 5.02 Å². The van der Waals surface area contributed by atoms with E-state index in [4.69, 9.17) is 21.2 Å². The van der Waals surface area contributed by atoms with Crippen molar-refractivity contribution >= 4 is 46.2 Å². The topological polar surface area (TPSA) is 98.3 Å². The summed E-state index contributed by atoms with van der Waals surface area (Å²) < 4.78 is 20.0. The van der Waals surface area contributed by atoms with Gasteiger partial charge in [0, 0.05) is 74.4 Å². The van der Waals surface area contributed by atoms with E-state index >= 15 is 0 Å². The summed E-state index contributed by atoms with van der Waals surface area (Å²) >= 11 is 6.15. The summed E-state index contributed by atoms with van der Waals surface area (Å²) in [6, 6.07) is 11.8. The van der Waals surface area contributed by atoms with Crippen LogP contribution in [0.25, 0.3) is 0 Å². The highest BCUT2D eigenvalue weighted by Crippen LogP contribution is 2.41. The minimum atomic E-state index is -0.407. The molecule has 0 unspecified atom stereocenters. The molecule has 3 aromatic rings. The Morgan fingerprint density at radius 3 is 2.55 bits per heavy atom. The van der Waals surface area contributed by atoms with E-state index in [1.165, 1.54) is 37.4 Å². The second-order valence-corrected chi connectivity index (χ2v) is 13.8. The largest absolute Gasteiger partial charge is 0.494 e. The molecule has 1 amide bonds. The highest BCUT2D eigenvalue weighted by molar-refractivity contribution is 6.30. The van der Waals surface area contributed by atoms with Gasteiger partial charge in [-0.25, -0.2) is 19.4 Å². The van der Waals surface area contributed by atoms with E-state index in [0.717, 1.165) is 57.3 Å². The van der Waals surface area contributed by atoms with Gasteiger partial charge in [-0.15, -0.1) is 0 Å². The van der Waals surface area contributed by atoms with Crippen molar-refractivity contribution in [2.24, 2.45) is 0 Å². The number of piperidine rings is 1. The van der Waals surface area contributed by atoms with Crippen LogP contribution in [0.3, 0.4) is 0 Å². The molecule has 2 atom stereocenters. The molecule has 0 spiro atoms. The minimum absolute atomic E-state index is 0.273. The highest BCUT2D eigenvalue weighted by atomic mass is 35.5. The fraction of sp³-hybridized carbons (Fsp3) is 0.472. The van der Waals surface area contributed by atoms with Gasteiger partial charge in [0.2, 0.25) is 5.91 Å². The first kappa shape index (κ1) is 33.5. The number of nitrogens with zero attached hydrogens (tertiary/aromatic N) is 6. The molecule has 1 aliphatic carbocycles. The molecule has 4 aliphatic rings. The van der Waals surface area contributed by atoms with Gasteiger partial charge in [0.05, 0.1) is 36.8 Å². The number of halogens is 2. The number of carbonyl (C=O) groups excluding carboxylic acids is 1. The predicted molar refractivity (Wildman–Crippen MR) is 190 cm³/mol. The van der Waals surface area contributed by atoms with Gasteiger partial charge in [-0.3, -0.25) is 19.4 Å². The average Bonchev–Trinajstić information content (AvgIpc) is 3.82. The molecule has 13 heteroatoms. The Morgan fingerprint density at radius 1 is 1.02 bits per heavy atom. The van der Waals surface area contributed by atoms with Crippen LogP contribution in [0.15, 0.2) is 55.4 Å². The van der Waals surface area contributed by atoms with E-state index in [0.29, 0.717) is 64.5 Å². The number of methoxy groups -OCH3 is 1. The molecule has 4 fully saturated rings. The van der Waals surface area contributed by atoms with Gasteiger partial charge in [-0.2, -0.15) is 0 Å². The number of amides is 1. The molecule has 0 bridgehead atoms. The third-order valence-corrected chi connectivity index (χ3v) is 10.3. The fourth-order valence-electron chi connectivity index (χ4n) is 7.57. The number of nitrogens with one attached hydrogen (secondary N) is 2. The monoisotopic (exact) mass is 690 g/mol. The summed E-state index contributed by atoms with van der Waals surface area (Å²) in [6.45, 7) is 11.6. The smallest absolute Gasteiger partial charge is 0.247 e. The summed E-state index contributed by atoms with van der Waals surface area (Å²) in [6.07, 6.45) is 8.16. The number of rotatable bonds is 10. The van der Waals surface area contributed by atoms with Gasteiger partial charge >= 0.3 is 0 Å². The van der Waals surface area contributed by atoms with E-state index in [2.05, 4.69) is 48.8 Å². The number of piperazine rings is 1. The van der Waals surface area contributed by atoms with Gasteiger partial charge in [0.25, 0.3) is 0 Å². The van der Waals surface area contributed by atoms with Crippen LogP contribution in [0.5, 0.6) is 5.75 Å². The summed E-state index contributed by atoms with van der Waals surface area (Å²) in [7, 11) is 1.62. The van der Waals surface area contributed by atoms with Crippen LogP contribution < -0.4 is 25.3 Å². The number of benzene rings is 2. The van der Waals surface area contributed by atoms with Gasteiger partial charge in [-0.05, 0) is 68.5 Å². The Balaban J connectivity index is 1.08. The van der Waals surface area contributed by atoms with Crippen molar-refractivity contribution in [3.05, 3.63) is 71.8 Å². The Labute approximate surface area is 292 Å². The van der Waals surface area contributed by atoms with Crippen LogP contribution in [-0.2, 0) is 9.63 Å². The van der Waals surface area contributed by atoms with Crippen molar-refractivity contribution in [1.29, 1.82) is 0 Å². The van der Waals surface area contributed by atoms with E-state index in [-0.39, 0.29) is 11.9 Å². The molecular formula is C36H44ClFN8O3. The number of aromatic nitrogens is 2. The molecule has 3 aliphatic heterocycles. The first-order valence-electron chi connectivity index (χ1n) is 17.2. The molecule has 1 saturated carbocycles. The van der Waals surface area contributed by atoms with E-state index < -0.39 is 5.82 Å². The Bertz CT molecular complexity index is 1660. The first-order chi connectivity index (χ1) is 23.8. The maximum Gasteiger partial charge on any atom is 0.247 e. The SMILES string of the molecule is C=CC(=O)Nc1cc(Nc2cc(N3OCC[C@@H]3c3cc(F)cc(Cl)c3)ncn2)c(OC)cc1N1CCC(N2CCN(C3CC3)[C@H](C)C2)CC1. The summed E-state index contributed by atoms with van der Waals surface area (Å²) in [5, 5.41) is 8.34. The average molecular weight is 691 g/mol. The van der Waals surface area contributed by atoms with Crippen molar-refractivity contribution < 1.29 is 18.8 Å². The molecule has 3 saturated heterocycles. The maximum absolute atomic E-state index is 14.2. The first-order valence-corrected chi connectivity index (χ1v) is 17.5. The summed E-state index contributed by atoms with van der Waals surface area (Å²) in [5.74, 6) is 0.885. The van der Waals surface area contributed by atoms with Gasteiger partial charge in [-0.1, -0.05) is 18.2 Å². The molecular weight excluding hydrogens is 647 g/mol. The molecule has 1 aromatic heterocycles. The lowest BCUT2D eigenvalue weighted by Gasteiger charge is -2.46. The lowest BCUT2D eigenvalue weighted by Crippen LogP contribution is -2.57. The summed E-state index contributed by atoms with van der Waals surface area (Å²) in [5.41, 5.74) is 2.86. The number of hydrogen-bond acceptors (Lipinski definition) is 10. The maximum atomic E-state index is 14.2. The fourth-order valence-corrected chi connectivity index (χ4v) is 7.80. The predicted octanol–water partition coefficient (Wildman–Crippen LogP) is 6.17. The molecule has 49 heavy (non-hydrogen) atoms. The van der Waals surface area contributed by atoms with Crippen LogP contribution in [0.1, 0.15) is 50.6 Å². The van der Waals surface area contributed by atoms with E-state index in [1.54, 1.807) is 24.3 Å². The third-order valence-electron chi connectivity index (χ3n) is 10.1. The Kier molecular flexibility index (Phi) is 9.91. The zero-order chi connectivity index (χ0) is 34.1. The Hall–Kier alpha value is -3.97. The molecule has 0 radical (unpaired) electrons. The lowest BCUT2D eigenvalue weighted by atomic mass is 9.99. The quantitative estimate of drug-likeness (QED) is 0.241. The van der Waals surface area contributed by atoms with Crippen LogP contribution in [0.4, 0.5) is 33.1 Å².